The van der Waals surface area contributed by atoms with Crippen molar-refractivity contribution in [1.29, 1.82) is 0 Å². The van der Waals surface area contributed by atoms with Crippen LogP contribution in [0.2, 0.25) is 0 Å². The highest BCUT2D eigenvalue weighted by molar-refractivity contribution is 6.19. The van der Waals surface area contributed by atoms with Crippen molar-refractivity contribution in [3.05, 3.63) is 59.2 Å². The second-order valence-corrected chi connectivity index (χ2v) is 5.34. The fourth-order valence-corrected chi connectivity index (χ4v) is 2.49. The number of methoxy groups -OCH3 is 1. The minimum atomic E-state index is -0.221. The molecule has 3 N–H and O–H groups in total. The van der Waals surface area contributed by atoms with Crippen molar-refractivity contribution in [2.75, 3.05) is 7.11 Å². The minimum absolute atomic E-state index is 0.189. The summed E-state index contributed by atoms with van der Waals surface area (Å²) in [7, 11) is 1.60. The molecule has 0 unspecified atom stereocenters. The molecular weight excluding hydrogens is 306 g/mol. The molecule has 0 radical (unpaired) electrons. The van der Waals surface area contributed by atoms with Crippen molar-refractivity contribution in [2.24, 2.45) is 0 Å². The molecular formula is C19H21NO4. The third kappa shape index (κ3) is 3.68. The van der Waals surface area contributed by atoms with Crippen LogP contribution < -0.4 is 10.1 Å². The molecule has 0 aliphatic carbocycles. The van der Waals surface area contributed by atoms with Gasteiger partial charge >= 0.3 is 0 Å². The Bertz CT molecular complexity index is 781. The van der Waals surface area contributed by atoms with Crippen LogP contribution in [0.3, 0.4) is 0 Å². The van der Waals surface area contributed by atoms with Crippen molar-refractivity contribution in [1.82, 2.24) is 5.32 Å². The molecule has 0 fully saturated rings. The molecule has 0 aliphatic rings. The maximum absolute atomic E-state index is 12.5. The van der Waals surface area contributed by atoms with Gasteiger partial charge in [-0.15, -0.1) is 0 Å². The van der Waals surface area contributed by atoms with E-state index in [1.807, 2.05) is 25.1 Å². The summed E-state index contributed by atoms with van der Waals surface area (Å²) in [6, 6.07) is 10.0. The highest BCUT2D eigenvalue weighted by Gasteiger charge is 2.15. The highest BCUT2D eigenvalue weighted by Crippen LogP contribution is 2.27. The zero-order valence-corrected chi connectivity index (χ0v) is 14.0. The van der Waals surface area contributed by atoms with E-state index in [0.717, 1.165) is 16.9 Å². The molecule has 0 atom stereocenters. The van der Waals surface area contributed by atoms with E-state index in [1.54, 1.807) is 26.2 Å². The molecule has 5 heteroatoms. The minimum Gasteiger partial charge on any atom is -0.504 e. The molecule has 2 aromatic carbocycles. The topological polar surface area (TPSA) is 78.8 Å². The second-order valence-electron chi connectivity index (χ2n) is 5.34. The van der Waals surface area contributed by atoms with E-state index in [4.69, 9.17) is 4.74 Å². The van der Waals surface area contributed by atoms with Crippen LogP contribution in [0.15, 0.2) is 42.5 Å². The predicted molar refractivity (Wildman–Crippen MR) is 93.0 cm³/mol. The van der Waals surface area contributed by atoms with Crippen LogP contribution >= 0.6 is 0 Å². The van der Waals surface area contributed by atoms with Gasteiger partial charge < -0.3 is 20.3 Å². The maximum atomic E-state index is 12.5. The van der Waals surface area contributed by atoms with Crippen molar-refractivity contribution in [3.63, 3.8) is 0 Å². The number of aromatic hydroxyl groups is 2. The Balaban J connectivity index is 2.16. The summed E-state index contributed by atoms with van der Waals surface area (Å²) in [6.45, 7) is 3.95. The number of amides is 1. The lowest BCUT2D eigenvalue weighted by molar-refractivity contribution is -0.115. The van der Waals surface area contributed by atoms with Gasteiger partial charge in [0.05, 0.1) is 7.11 Å². The Hall–Kier alpha value is -2.95. The predicted octanol–water partition coefficient (Wildman–Crippen LogP) is 3.13. The molecule has 2 rings (SSSR count). The number of phenols is 2. The molecule has 0 aliphatic heterocycles. The number of nitrogens with one attached hydrogen (secondary N) is 1. The lowest BCUT2D eigenvalue weighted by Crippen LogP contribution is -2.24. The first-order valence-corrected chi connectivity index (χ1v) is 7.57. The lowest BCUT2D eigenvalue weighted by Gasteiger charge is -2.14. The van der Waals surface area contributed by atoms with E-state index >= 15 is 0 Å². The largest absolute Gasteiger partial charge is 0.504 e. The Morgan fingerprint density at radius 2 is 1.96 bits per heavy atom. The summed E-state index contributed by atoms with van der Waals surface area (Å²) < 4.78 is 5.30. The standard InChI is InChI=1S/C19H21NO4/c1-4-14(15-6-5-7-18(24-3)12(15)2)19(23)20-11-13-8-9-16(21)17(22)10-13/h4-10,21-22H,11H2,1-3H3,(H,20,23)/b14-4+. The highest BCUT2D eigenvalue weighted by atomic mass is 16.5. The van der Waals surface area contributed by atoms with Crippen molar-refractivity contribution in [2.45, 2.75) is 20.4 Å². The number of phenolic OH excluding ortho intramolecular Hbond substituents is 2. The lowest BCUT2D eigenvalue weighted by atomic mass is 9.99. The first-order chi connectivity index (χ1) is 11.5. The molecule has 0 saturated carbocycles. The first-order valence-electron chi connectivity index (χ1n) is 7.57. The van der Waals surface area contributed by atoms with E-state index in [1.165, 1.54) is 12.1 Å². The van der Waals surface area contributed by atoms with Gasteiger partial charge in [0.1, 0.15) is 5.75 Å². The van der Waals surface area contributed by atoms with Gasteiger partial charge in [0.2, 0.25) is 0 Å². The fraction of sp³-hybridized carbons (Fsp3) is 0.211. The van der Waals surface area contributed by atoms with Gasteiger partial charge in [0.25, 0.3) is 5.91 Å². The van der Waals surface area contributed by atoms with Crippen molar-refractivity contribution < 1.29 is 19.7 Å². The first kappa shape index (κ1) is 17.4. The zero-order chi connectivity index (χ0) is 17.7. The number of hydrogen-bond acceptors (Lipinski definition) is 4. The van der Waals surface area contributed by atoms with Gasteiger partial charge in [-0.25, -0.2) is 0 Å². The summed E-state index contributed by atoms with van der Waals surface area (Å²) in [6.07, 6.45) is 1.76. The van der Waals surface area contributed by atoms with E-state index in [9.17, 15) is 15.0 Å². The van der Waals surface area contributed by atoms with Gasteiger partial charge in [-0.3, -0.25) is 4.79 Å². The number of rotatable bonds is 5. The molecule has 0 bridgehead atoms. The van der Waals surface area contributed by atoms with Crippen LogP contribution in [0.5, 0.6) is 17.2 Å². The molecule has 126 valence electrons. The average Bonchev–Trinajstić information content (AvgIpc) is 2.58. The number of allylic oxidation sites excluding steroid dienone is 1. The second kappa shape index (κ2) is 7.55. The van der Waals surface area contributed by atoms with E-state index < -0.39 is 0 Å². The van der Waals surface area contributed by atoms with Gasteiger partial charge in [-0.2, -0.15) is 0 Å². The van der Waals surface area contributed by atoms with Crippen molar-refractivity contribution >= 4 is 11.5 Å². The smallest absolute Gasteiger partial charge is 0.251 e. The molecule has 0 aromatic heterocycles. The SMILES string of the molecule is C/C=C(/C(=O)NCc1ccc(O)c(O)c1)c1cccc(OC)c1C. The normalized spacial score (nSPS) is 11.2. The fourth-order valence-electron chi connectivity index (χ4n) is 2.49. The number of ether oxygens (including phenoxy) is 1. The molecule has 2 aromatic rings. The number of carbonyl (C=O) groups is 1. The number of hydrogen-bond donors (Lipinski definition) is 3. The summed E-state index contributed by atoms with van der Waals surface area (Å²) in [4.78, 5) is 12.5. The van der Waals surface area contributed by atoms with Crippen molar-refractivity contribution in [3.8, 4) is 17.2 Å². The Morgan fingerprint density at radius 3 is 2.58 bits per heavy atom. The Labute approximate surface area is 141 Å². The van der Waals surface area contributed by atoms with E-state index in [2.05, 4.69) is 5.32 Å². The van der Waals surface area contributed by atoms with Crippen LogP contribution in [0.1, 0.15) is 23.6 Å². The van der Waals surface area contributed by atoms with Gasteiger partial charge in [-0.1, -0.05) is 24.3 Å². The van der Waals surface area contributed by atoms with Crippen LogP contribution in [0.25, 0.3) is 5.57 Å². The van der Waals surface area contributed by atoms with Gasteiger partial charge in [-0.05, 0) is 48.7 Å². The number of benzene rings is 2. The number of carbonyl (C=O) groups excluding carboxylic acids is 1. The van der Waals surface area contributed by atoms with E-state index in [0.29, 0.717) is 11.1 Å². The molecule has 5 nitrogen and oxygen atoms in total. The van der Waals surface area contributed by atoms with E-state index in [-0.39, 0.29) is 24.0 Å². The molecule has 0 spiro atoms. The summed E-state index contributed by atoms with van der Waals surface area (Å²) >= 11 is 0. The van der Waals surface area contributed by atoms with Crippen LogP contribution in [0, 0.1) is 6.92 Å². The van der Waals surface area contributed by atoms with Gasteiger partial charge in [0.15, 0.2) is 11.5 Å². The zero-order valence-electron chi connectivity index (χ0n) is 14.0. The third-order valence-corrected chi connectivity index (χ3v) is 3.82. The maximum Gasteiger partial charge on any atom is 0.251 e. The quantitative estimate of drug-likeness (QED) is 0.582. The Morgan fingerprint density at radius 1 is 1.21 bits per heavy atom. The Kier molecular flexibility index (Phi) is 5.47. The van der Waals surface area contributed by atoms with Crippen LogP contribution in [-0.4, -0.2) is 23.2 Å². The van der Waals surface area contributed by atoms with Crippen LogP contribution in [-0.2, 0) is 11.3 Å². The summed E-state index contributed by atoms with van der Waals surface area (Å²) in [5.41, 5.74) is 2.94. The van der Waals surface area contributed by atoms with Gasteiger partial charge in [0, 0.05) is 12.1 Å². The monoisotopic (exact) mass is 327 g/mol. The van der Waals surface area contributed by atoms with Crippen LogP contribution in [0.4, 0.5) is 0 Å². The molecule has 1 amide bonds. The third-order valence-electron chi connectivity index (χ3n) is 3.82. The average molecular weight is 327 g/mol. The summed E-state index contributed by atoms with van der Waals surface area (Å²) in [5, 5.41) is 21.6. The summed E-state index contributed by atoms with van der Waals surface area (Å²) in [5.74, 6) is 0.104. The molecule has 0 saturated heterocycles. The molecule has 0 heterocycles. The molecule has 24 heavy (non-hydrogen) atoms.